The van der Waals surface area contributed by atoms with Gasteiger partial charge in [0.05, 0.1) is 12.0 Å². The van der Waals surface area contributed by atoms with E-state index in [1.807, 2.05) is 0 Å². The van der Waals surface area contributed by atoms with Crippen molar-refractivity contribution in [2.75, 3.05) is 33.3 Å². The van der Waals surface area contributed by atoms with Crippen molar-refractivity contribution in [1.82, 2.24) is 14.5 Å². The van der Waals surface area contributed by atoms with Crippen LogP contribution in [0.2, 0.25) is 0 Å². The van der Waals surface area contributed by atoms with Crippen LogP contribution in [0.15, 0.2) is 23.1 Å². The summed E-state index contributed by atoms with van der Waals surface area (Å²) in [4.78, 5) is 37.8. The molecule has 31 heavy (non-hydrogen) atoms. The topological polar surface area (TPSA) is 122 Å². The Morgan fingerprint density at radius 1 is 1.10 bits per heavy atom. The summed E-state index contributed by atoms with van der Waals surface area (Å²) in [7, 11) is -2.44. The summed E-state index contributed by atoms with van der Waals surface area (Å²) in [6.07, 6.45) is 2.30. The molecule has 0 radical (unpaired) electrons. The number of hydrogen-bond donors (Lipinski definition) is 1. The Balaban J connectivity index is 1.82. The van der Waals surface area contributed by atoms with E-state index in [4.69, 9.17) is 9.47 Å². The van der Waals surface area contributed by atoms with Crippen LogP contribution >= 0.6 is 0 Å². The van der Waals surface area contributed by atoms with Crippen molar-refractivity contribution in [1.29, 1.82) is 0 Å². The molecule has 0 saturated carbocycles. The first-order valence-corrected chi connectivity index (χ1v) is 11.7. The Labute approximate surface area is 181 Å². The molecule has 0 aliphatic carbocycles. The normalized spacial score (nSPS) is 18.8. The van der Waals surface area contributed by atoms with Crippen LogP contribution in [0.1, 0.15) is 43.0 Å². The second kappa shape index (κ2) is 9.65. The van der Waals surface area contributed by atoms with Crippen LogP contribution in [0, 0.1) is 0 Å². The van der Waals surface area contributed by atoms with Crippen molar-refractivity contribution in [3.63, 3.8) is 0 Å². The van der Waals surface area contributed by atoms with E-state index in [0.29, 0.717) is 19.6 Å². The molecule has 0 unspecified atom stereocenters. The smallest absolute Gasteiger partial charge is 0.342 e. The fourth-order valence-electron chi connectivity index (χ4n) is 3.61. The highest BCUT2D eigenvalue weighted by molar-refractivity contribution is 7.89. The summed E-state index contributed by atoms with van der Waals surface area (Å²) in [6, 6.07) is 3.44. The average molecular weight is 454 g/mol. The molecule has 0 spiro atoms. The minimum Gasteiger partial charge on any atom is -0.496 e. The molecule has 2 aliphatic heterocycles. The van der Waals surface area contributed by atoms with E-state index >= 15 is 0 Å². The van der Waals surface area contributed by atoms with Gasteiger partial charge in [0.15, 0.2) is 6.10 Å². The molecule has 2 aliphatic rings. The molecular formula is C20H27N3O7S. The molecule has 2 heterocycles. The largest absolute Gasteiger partial charge is 0.496 e. The predicted molar refractivity (Wildman–Crippen MR) is 110 cm³/mol. The van der Waals surface area contributed by atoms with Gasteiger partial charge in [-0.25, -0.2) is 18.0 Å². The fourth-order valence-corrected chi connectivity index (χ4v) is 5.16. The number of nitrogens with one attached hydrogen (secondary N) is 1. The number of amides is 3. The van der Waals surface area contributed by atoms with Gasteiger partial charge in [0, 0.05) is 26.2 Å². The number of carbonyl (C=O) groups is 3. The predicted octanol–water partition coefficient (Wildman–Crippen LogP) is 1.36. The molecule has 0 aromatic heterocycles. The maximum absolute atomic E-state index is 13.1. The molecule has 1 aromatic carbocycles. The van der Waals surface area contributed by atoms with Gasteiger partial charge in [0.2, 0.25) is 10.0 Å². The van der Waals surface area contributed by atoms with Gasteiger partial charge < -0.3 is 14.8 Å². The number of imide groups is 1. The Hall–Kier alpha value is -2.66. The number of urea groups is 1. The van der Waals surface area contributed by atoms with Gasteiger partial charge in [-0.15, -0.1) is 0 Å². The standard InChI is InChI=1S/C20H27N3O7S/c1-14(18(24)23-12-9-21-20(23)26)30-19(25)16-13-15(7-8-17(16)29-2)31(27,28)22-10-5-3-4-6-11-22/h7-8,13-14H,3-6,9-12H2,1-2H3,(H,21,26)/t14-/m0/s1. The first-order chi connectivity index (χ1) is 14.8. The third-order valence-corrected chi connectivity index (χ3v) is 7.24. The van der Waals surface area contributed by atoms with Crippen molar-refractivity contribution >= 4 is 27.9 Å². The highest BCUT2D eigenvalue weighted by Crippen LogP contribution is 2.27. The summed E-state index contributed by atoms with van der Waals surface area (Å²) in [5, 5.41) is 2.50. The van der Waals surface area contributed by atoms with Crippen LogP contribution in [0.3, 0.4) is 0 Å². The molecule has 3 rings (SSSR count). The second-order valence-electron chi connectivity index (χ2n) is 7.45. The molecule has 1 N–H and O–H groups in total. The first kappa shape index (κ1) is 23.0. The second-order valence-corrected chi connectivity index (χ2v) is 9.39. The first-order valence-electron chi connectivity index (χ1n) is 10.2. The third-order valence-electron chi connectivity index (χ3n) is 5.35. The van der Waals surface area contributed by atoms with Crippen molar-refractivity contribution in [3.05, 3.63) is 23.8 Å². The average Bonchev–Trinajstić information content (AvgIpc) is 3.00. The summed E-state index contributed by atoms with van der Waals surface area (Å²) >= 11 is 0. The van der Waals surface area contributed by atoms with Crippen molar-refractivity contribution in [2.45, 2.75) is 43.6 Å². The van der Waals surface area contributed by atoms with Crippen LogP contribution in [0.25, 0.3) is 0 Å². The van der Waals surface area contributed by atoms with Crippen LogP contribution in [0.4, 0.5) is 4.79 Å². The van der Waals surface area contributed by atoms with Gasteiger partial charge in [0.25, 0.3) is 5.91 Å². The van der Waals surface area contributed by atoms with Crippen molar-refractivity contribution < 1.29 is 32.3 Å². The zero-order valence-electron chi connectivity index (χ0n) is 17.6. The van der Waals surface area contributed by atoms with Gasteiger partial charge in [-0.05, 0) is 38.0 Å². The van der Waals surface area contributed by atoms with Gasteiger partial charge in [-0.3, -0.25) is 9.69 Å². The minimum atomic E-state index is -3.79. The number of rotatable bonds is 6. The number of sulfonamides is 1. The maximum atomic E-state index is 13.1. The number of carbonyl (C=O) groups excluding carboxylic acids is 3. The third kappa shape index (κ3) is 4.99. The summed E-state index contributed by atoms with van der Waals surface area (Å²) in [6.45, 7) is 2.73. The highest BCUT2D eigenvalue weighted by atomic mass is 32.2. The van der Waals surface area contributed by atoms with Crippen LogP contribution < -0.4 is 10.1 Å². The lowest BCUT2D eigenvalue weighted by atomic mass is 10.2. The van der Waals surface area contributed by atoms with E-state index < -0.39 is 34.0 Å². The molecule has 11 heteroatoms. The van der Waals surface area contributed by atoms with E-state index in [-0.39, 0.29) is 22.8 Å². The SMILES string of the molecule is COc1ccc(S(=O)(=O)N2CCCCCC2)cc1C(=O)O[C@@H](C)C(=O)N1CCNC1=O. The lowest BCUT2D eigenvalue weighted by Crippen LogP contribution is -2.41. The Kier molecular flexibility index (Phi) is 7.16. The van der Waals surface area contributed by atoms with Crippen molar-refractivity contribution in [2.24, 2.45) is 0 Å². The summed E-state index contributed by atoms with van der Waals surface area (Å²) < 4.78 is 38.0. The van der Waals surface area contributed by atoms with Crippen molar-refractivity contribution in [3.8, 4) is 5.75 Å². The van der Waals surface area contributed by atoms with E-state index in [2.05, 4.69) is 5.32 Å². The van der Waals surface area contributed by atoms with E-state index in [1.54, 1.807) is 0 Å². The monoisotopic (exact) mass is 453 g/mol. The number of nitrogens with zero attached hydrogens (tertiary/aromatic N) is 2. The van der Waals surface area contributed by atoms with Crippen LogP contribution in [0.5, 0.6) is 5.75 Å². The molecule has 3 amide bonds. The van der Waals surface area contributed by atoms with E-state index in [1.165, 1.54) is 36.5 Å². The van der Waals surface area contributed by atoms with E-state index in [9.17, 15) is 22.8 Å². The molecule has 0 bridgehead atoms. The Bertz CT molecular complexity index is 956. The lowest BCUT2D eigenvalue weighted by Gasteiger charge is -2.21. The molecule has 1 aromatic rings. The Morgan fingerprint density at radius 3 is 2.35 bits per heavy atom. The molecule has 2 saturated heterocycles. The number of ether oxygens (including phenoxy) is 2. The highest BCUT2D eigenvalue weighted by Gasteiger charge is 2.33. The summed E-state index contributed by atoms with van der Waals surface area (Å²) in [5.41, 5.74) is -0.107. The summed E-state index contributed by atoms with van der Waals surface area (Å²) in [5.74, 6) is -1.45. The Morgan fingerprint density at radius 2 is 1.77 bits per heavy atom. The fraction of sp³-hybridized carbons (Fsp3) is 0.550. The van der Waals surface area contributed by atoms with Crippen LogP contribution in [-0.4, -0.2) is 74.9 Å². The van der Waals surface area contributed by atoms with Gasteiger partial charge in [-0.2, -0.15) is 4.31 Å². The number of hydrogen-bond acceptors (Lipinski definition) is 7. The zero-order valence-corrected chi connectivity index (χ0v) is 18.4. The number of methoxy groups -OCH3 is 1. The zero-order chi connectivity index (χ0) is 22.6. The molecular weight excluding hydrogens is 426 g/mol. The van der Waals surface area contributed by atoms with Gasteiger partial charge >= 0.3 is 12.0 Å². The molecule has 10 nitrogen and oxygen atoms in total. The minimum absolute atomic E-state index is 0.0416. The number of esters is 1. The van der Waals surface area contributed by atoms with E-state index in [0.717, 1.165) is 30.6 Å². The number of benzene rings is 1. The van der Waals surface area contributed by atoms with Crippen LogP contribution in [-0.2, 0) is 19.6 Å². The lowest BCUT2D eigenvalue weighted by molar-refractivity contribution is -0.136. The van der Waals surface area contributed by atoms with Gasteiger partial charge in [-0.1, -0.05) is 12.8 Å². The quantitative estimate of drug-likeness (QED) is 0.645. The maximum Gasteiger partial charge on any atom is 0.342 e. The molecule has 170 valence electrons. The molecule has 1 atom stereocenters. The molecule has 2 fully saturated rings. The van der Waals surface area contributed by atoms with Gasteiger partial charge in [0.1, 0.15) is 11.3 Å².